The minimum absolute atomic E-state index is 0.0192. The lowest BCUT2D eigenvalue weighted by atomic mass is 10.0. The van der Waals surface area contributed by atoms with Crippen molar-refractivity contribution in [2.75, 3.05) is 40.9 Å². The van der Waals surface area contributed by atoms with E-state index in [2.05, 4.69) is 79.9 Å². The topological polar surface area (TPSA) is 108 Å². The molecule has 0 aromatic rings. The van der Waals surface area contributed by atoms with Crippen LogP contribution in [0.1, 0.15) is 142 Å². The highest BCUT2D eigenvalue weighted by Crippen LogP contribution is 2.38. The number of carbonyl (C=O) groups is 1. The fourth-order valence-electron chi connectivity index (χ4n) is 5.29. The van der Waals surface area contributed by atoms with Crippen LogP contribution in [0.15, 0.2) is 85.1 Å². The summed E-state index contributed by atoms with van der Waals surface area (Å²) in [6.45, 7) is 4.43. The van der Waals surface area contributed by atoms with Crippen LogP contribution in [0.5, 0.6) is 0 Å². The number of likely N-dealkylation sites (N-methyl/N-ethyl adjacent to an activating group) is 1. The van der Waals surface area contributed by atoms with Gasteiger partial charge in [-0.3, -0.25) is 9.36 Å². The summed E-state index contributed by atoms with van der Waals surface area (Å²) >= 11 is 0. The van der Waals surface area contributed by atoms with Crippen molar-refractivity contribution in [3.8, 4) is 0 Å². The molecule has 0 aromatic heterocycles. The Balaban J connectivity index is 4.63. The fourth-order valence-corrected chi connectivity index (χ4v) is 6.01. The molecule has 8 nitrogen and oxygen atoms in total. The summed E-state index contributed by atoms with van der Waals surface area (Å²) < 4.78 is 23.1. The average Bonchev–Trinajstić information content (AvgIpc) is 3.12. The van der Waals surface area contributed by atoms with Crippen LogP contribution < -0.4 is 10.2 Å². The highest BCUT2D eigenvalue weighted by molar-refractivity contribution is 7.45. The van der Waals surface area contributed by atoms with Gasteiger partial charge in [-0.2, -0.15) is 0 Å². The maximum absolute atomic E-state index is 12.8. The van der Waals surface area contributed by atoms with E-state index in [-0.39, 0.29) is 18.9 Å². The van der Waals surface area contributed by atoms with E-state index in [1.807, 2.05) is 39.4 Å². The number of unbranched alkanes of at least 4 members (excludes halogenated alkanes) is 11. The molecule has 0 aliphatic rings. The van der Waals surface area contributed by atoms with E-state index in [4.69, 9.17) is 9.05 Å². The van der Waals surface area contributed by atoms with Crippen molar-refractivity contribution in [3.63, 3.8) is 0 Å². The van der Waals surface area contributed by atoms with Crippen LogP contribution >= 0.6 is 7.82 Å². The van der Waals surface area contributed by atoms with Crippen molar-refractivity contribution in [3.05, 3.63) is 85.1 Å². The van der Waals surface area contributed by atoms with Gasteiger partial charge in [-0.05, 0) is 57.8 Å². The molecule has 0 spiro atoms. The number of hydrogen-bond acceptors (Lipinski definition) is 6. The number of aliphatic hydroxyl groups excluding tert-OH is 1. The number of hydrogen-bond donors (Lipinski definition) is 2. The van der Waals surface area contributed by atoms with Gasteiger partial charge in [-0.15, -0.1) is 0 Å². The number of amides is 1. The highest BCUT2D eigenvalue weighted by atomic mass is 31.2. The second-order valence-electron chi connectivity index (χ2n) is 15.0. The van der Waals surface area contributed by atoms with Gasteiger partial charge in [0.25, 0.3) is 7.82 Å². The summed E-state index contributed by atoms with van der Waals surface area (Å²) in [6, 6.07) is -0.930. The molecule has 1 amide bonds. The van der Waals surface area contributed by atoms with Crippen LogP contribution in [0, 0.1) is 0 Å². The van der Waals surface area contributed by atoms with Gasteiger partial charge in [-0.25, -0.2) is 0 Å². The van der Waals surface area contributed by atoms with Crippen molar-refractivity contribution < 1.29 is 32.9 Å². The third-order valence-corrected chi connectivity index (χ3v) is 9.59. The van der Waals surface area contributed by atoms with Crippen LogP contribution in [0.25, 0.3) is 0 Å². The summed E-state index contributed by atoms with van der Waals surface area (Å²) in [5.74, 6) is -0.285. The first-order chi connectivity index (χ1) is 26.0. The fraction of sp³-hybridized carbons (Fsp3) is 0.667. The largest absolute Gasteiger partial charge is 0.756 e. The van der Waals surface area contributed by atoms with Gasteiger partial charge in [0.2, 0.25) is 5.91 Å². The Morgan fingerprint density at radius 2 is 1.13 bits per heavy atom. The van der Waals surface area contributed by atoms with Crippen LogP contribution in [-0.2, 0) is 18.4 Å². The number of allylic oxidation sites excluding steroid dienone is 13. The molecule has 54 heavy (non-hydrogen) atoms. The molecule has 0 radical (unpaired) electrons. The van der Waals surface area contributed by atoms with E-state index >= 15 is 0 Å². The minimum atomic E-state index is -4.61. The predicted octanol–water partition coefficient (Wildman–Crippen LogP) is 10.8. The van der Waals surface area contributed by atoms with Crippen molar-refractivity contribution in [1.82, 2.24) is 5.32 Å². The zero-order valence-electron chi connectivity index (χ0n) is 34.9. The molecule has 0 saturated carbocycles. The van der Waals surface area contributed by atoms with Gasteiger partial charge in [0.15, 0.2) is 0 Å². The molecule has 0 aromatic carbocycles. The van der Waals surface area contributed by atoms with Crippen LogP contribution in [0.4, 0.5) is 0 Å². The maximum atomic E-state index is 12.8. The molecule has 0 heterocycles. The number of quaternary nitrogens is 1. The minimum Gasteiger partial charge on any atom is -0.756 e. The lowest BCUT2D eigenvalue weighted by Crippen LogP contribution is -2.45. The molecule has 0 saturated heterocycles. The van der Waals surface area contributed by atoms with Crippen molar-refractivity contribution in [1.29, 1.82) is 0 Å². The standard InChI is InChI=1S/C45H79N2O6P/c1-6-8-10-12-14-16-18-20-21-22-23-24-25-27-29-31-33-35-37-39-45(49)46-43(42-53-54(50,51)52-41-40-47(3,4)5)44(48)38-36-34-32-30-28-26-19-17-15-13-11-9-7-2/h8,10,14,16,20-21,23-24,27,29,33,35-36,38,43-44,48H,6-7,9,11-13,15,17-19,22,25-26,28,30-32,34,37,39-42H2,1-5H3,(H-,46,49,50,51)/b10-8-,16-14-,21-20-,24-23-,29-27-,35-33-,38-36+. The smallest absolute Gasteiger partial charge is 0.268 e. The van der Waals surface area contributed by atoms with Crippen LogP contribution in [0.3, 0.4) is 0 Å². The Morgan fingerprint density at radius 1 is 0.667 bits per heavy atom. The van der Waals surface area contributed by atoms with Gasteiger partial charge >= 0.3 is 0 Å². The molecule has 2 N–H and O–H groups in total. The number of nitrogens with zero attached hydrogens (tertiary/aromatic N) is 1. The first-order valence-corrected chi connectivity index (χ1v) is 22.4. The van der Waals surface area contributed by atoms with Gasteiger partial charge in [0.1, 0.15) is 13.2 Å². The number of rotatable bonds is 36. The molecule has 0 fully saturated rings. The van der Waals surface area contributed by atoms with Crippen LogP contribution in [0.2, 0.25) is 0 Å². The van der Waals surface area contributed by atoms with Crippen LogP contribution in [-0.4, -0.2) is 68.5 Å². The molecule has 0 aliphatic heterocycles. The first kappa shape index (κ1) is 51.7. The second kappa shape index (κ2) is 36.3. The van der Waals surface area contributed by atoms with Crippen molar-refractivity contribution in [2.24, 2.45) is 0 Å². The molecular formula is C45H79N2O6P. The van der Waals surface area contributed by atoms with Crippen molar-refractivity contribution in [2.45, 2.75) is 154 Å². The quantitative estimate of drug-likeness (QED) is 0.0284. The Bertz CT molecular complexity index is 1150. The molecule has 9 heteroatoms. The molecule has 3 unspecified atom stereocenters. The van der Waals surface area contributed by atoms with Gasteiger partial charge in [0.05, 0.1) is 39.9 Å². The van der Waals surface area contributed by atoms with E-state index in [0.717, 1.165) is 57.8 Å². The maximum Gasteiger partial charge on any atom is 0.268 e. The Labute approximate surface area is 331 Å². The number of nitrogens with one attached hydrogen (secondary N) is 1. The molecular weight excluding hydrogens is 695 g/mol. The Hall–Kier alpha value is -2.32. The molecule has 310 valence electrons. The second-order valence-corrected chi connectivity index (χ2v) is 16.4. The van der Waals surface area contributed by atoms with Crippen molar-refractivity contribution >= 4 is 13.7 Å². The summed E-state index contributed by atoms with van der Waals surface area (Å²) in [5.41, 5.74) is 0. The summed E-state index contributed by atoms with van der Waals surface area (Å²) in [5, 5.41) is 13.7. The Morgan fingerprint density at radius 3 is 1.61 bits per heavy atom. The number of aliphatic hydroxyl groups is 1. The predicted molar refractivity (Wildman–Crippen MR) is 228 cm³/mol. The van der Waals surface area contributed by atoms with E-state index in [9.17, 15) is 19.4 Å². The van der Waals surface area contributed by atoms with Gasteiger partial charge in [0, 0.05) is 6.42 Å². The average molecular weight is 775 g/mol. The molecule has 0 rings (SSSR count). The molecule has 0 bridgehead atoms. The molecule has 0 aliphatic carbocycles. The third kappa shape index (κ3) is 38.0. The number of carbonyl (C=O) groups excluding carboxylic acids is 1. The zero-order chi connectivity index (χ0) is 40.0. The SMILES string of the molecule is CC/C=C\C/C=C\C/C=C\C/C=C\C/C=C\C/C=C\CCC(=O)NC(COP(=O)([O-])OCC[N+](C)(C)C)C(O)/C=C/CCCCCCCCCCCCC. The zero-order valence-corrected chi connectivity index (χ0v) is 35.8. The van der Waals surface area contributed by atoms with E-state index < -0.39 is 26.6 Å². The summed E-state index contributed by atoms with van der Waals surface area (Å²) in [4.78, 5) is 25.2. The highest BCUT2D eigenvalue weighted by Gasteiger charge is 2.23. The number of phosphoric ester groups is 1. The normalized spacial score (nSPS) is 15.3. The molecule has 3 atom stereocenters. The summed E-state index contributed by atoms with van der Waals surface area (Å²) in [6.07, 6.45) is 49.2. The number of phosphoric acid groups is 1. The van der Waals surface area contributed by atoms with E-state index in [0.29, 0.717) is 17.4 Å². The summed E-state index contributed by atoms with van der Waals surface area (Å²) in [7, 11) is 1.20. The van der Waals surface area contributed by atoms with E-state index in [1.165, 1.54) is 57.8 Å². The van der Waals surface area contributed by atoms with E-state index in [1.54, 1.807) is 6.08 Å². The lowest BCUT2D eigenvalue weighted by Gasteiger charge is -2.29. The lowest BCUT2D eigenvalue weighted by molar-refractivity contribution is -0.870. The van der Waals surface area contributed by atoms with Gasteiger partial charge in [-0.1, -0.05) is 163 Å². The van der Waals surface area contributed by atoms with Gasteiger partial charge < -0.3 is 28.8 Å². The monoisotopic (exact) mass is 775 g/mol. The first-order valence-electron chi connectivity index (χ1n) is 20.9. The Kier molecular flexibility index (Phi) is 34.8. The third-order valence-electron chi connectivity index (χ3n) is 8.62.